The number of benzene rings is 2. The number of ether oxygens (including phenoxy) is 1. The molecule has 0 saturated carbocycles. The van der Waals surface area contributed by atoms with Gasteiger partial charge in [-0.15, -0.1) is 0 Å². The second kappa shape index (κ2) is 10.7. The van der Waals surface area contributed by atoms with Crippen molar-refractivity contribution in [2.24, 2.45) is 0 Å². The van der Waals surface area contributed by atoms with Crippen molar-refractivity contribution >= 4 is 23.4 Å². The SMILES string of the molecule is CC(C)NC(=O)[C@H](C)N(Cc1cccc(Cl)c1)C(=O)COc1ccccc1C(C)(C)C. The van der Waals surface area contributed by atoms with Gasteiger partial charge in [-0.25, -0.2) is 0 Å². The topological polar surface area (TPSA) is 58.6 Å². The predicted molar refractivity (Wildman–Crippen MR) is 125 cm³/mol. The minimum atomic E-state index is -0.657. The van der Waals surface area contributed by atoms with Crippen LogP contribution in [-0.2, 0) is 21.5 Å². The van der Waals surface area contributed by atoms with Gasteiger partial charge in [-0.3, -0.25) is 9.59 Å². The zero-order chi connectivity index (χ0) is 23.2. The van der Waals surface area contributed by atoms with Gasteiger partial charge in [0.2, 0.25) is 5.91 Å². The summed E-state index contributed by atoms with van der Waals surface area (Å²) in [5, 5.41) is 3.46. The van der Waals surface area contributed by atoms with E-state index >= 15 is 0 Å². The average molecular weight is 445 g/mol. The summed E-state index contributed by atoms with van der Waals surface area (Å²) in [6, 6.07) is 14.3. The van der Waals surface area contributed by atoms with E-state index in [-0.39, 0.29) is 36.4 Å². The normalized spacial score (nSPS) is 12.4. The lowest BCUT2D eigenvalue weighted by atomic mass is 9.86. The third-order valence-electron chi connectivity index (χ3n) is 4.89. The minimum Gasteiger partial charge on any atom is -0.483 e. The van der Waals surface area contributed by atoms with Crippen LogP contribution in [0, 0.1) is 0 Å². The molecule has 1 atom stereocenters. The molecule has 2 rings (SSSR count). The van der Waals surface area contributed by atoms with Crippen molar-refractivity contribution in [3.05, 3.63) is 64.7 Å². The molecule has 31 heavy (non-hydrogen) atoms. The molecule has 1 N–H and O–H groups in total. The van der Waals surface area contributed by atoms with Gasteiger partial charge in [0.1, 0.15) is 11.8 Å². The second-order valence-electron chi connectivity index (χ2n) is 9.03. The standard InChI is InChI=1S/C25H33ClN2O3/c1-17(2)27-24(30)18(3)28(15-19-10-9-11-20(26)14-19)23(29)16-31-22-13-8-7-12-21(22)25(4,5)6/h7-14,17-18H,15-16H2,1-6H3,(H,27,30)/t18-/m0/s1. The highest BCUT2D eigenvalue weighted by molar-refractivity contribution is 6.30. The smallest absolute Gasteiger partial charge is 0.261 e. The molecule has 0 saturated heterocycles. The molecule has 0 spiro atoms. The first-order valence-corrected chi connectivity index (χ1v) is 10.9. The Balaban J connectivity index is 2.23. The Kier molecular flexibility index (Phi) is 8.52. The van der Waals surface area contributed by atoms with Crippen LogP contribution in [-0.4, -0.2) is 35.4 Å². The van der Waals surface area contributed by atoms with E-state index in [9.17, 15) is 9.59 Å². The molecule has 0 aliphatic heterocycles. The maximum atomic E-state index is 13.2. The minimum absolute atomic E-state index is 0.0204. The van der Waals surface area contributed by atoms with Crippen LogP contribution >= 0.6 is 11.6 Å². The summed E-state index contributed by atoms with van der Waals surface area (Å²) in [4.78, 5) is 27.4. The van der Waals surface area contributed by atoms with Gasteiger partial charge in [0, 0.05) is 17.6 Å². The molecule has 6 heteroatoms. The number of hydrogen-bond acceptors (Lipinski definition) is 3. The summed E-state index contributed by atoms with van der Waals surface area (Å²) in [7, 11) is 0. The van der Waals surface area contributed by atoms with Crippen molar-refractivity contribution in [2.45, 2.75) is 65.6 Å². The summed E-state index contributed by atoms with van der Waals surface area (Å²) >= 11 is 6.11. The zero-order valence-corrected chi connectivity index (χ0v) is 20.0. The highest BCUT2D eigenvalue weighted by atomic mass is 35.5. The van der Waals surface area contributed by atoms with Crippen molar-refractivity contribution in [1.29, 1.82) is 0 Å². The van der Waals surface area contributed by atoms with E-state index in [0.29, 0.717) is 10.8 Å². The van der Waals surface area contributed by atoms with Gasteiger partial charge < -0.3 is 15.0 Å². The van der Waals surface area contributed by atoms with Crippen LogP contribution in [0.15, 0.2) is 48.5 Å². The first-order valence-electron chi connectivity index (χ1n) is 10.6. The van der Waals surface area contributed by atoms with E-state index in [2.05, 4.69) is 26.1 Å². The number of nitrogens with zero attached hydrogens (tertiary/aromatic N) is 1. The number of halogens is 1. The Bertz CT molecular complexity index is 906. The van der Waals surface area contributed by atoms with Gasteiger partial charge in [0.15, 0.2) is 6.61 Å². The van der Waals surface area contributed by atoms with Crippen molar-refractivity contribution in [2.75, 3.05) is 6.61 Å². The summed E-state index contributed by atoms with van der Waals surface area (Å²) < 4.78 is 5.93. The van der Waals surface area contributed by atoms with Gasteiger partial charge in [0.25, 0.3) is 5.91 Å². The summed E-state index contributed by atoms with van der Waals surface area (Å²) in [5.74, 6) is 0.195. The Morgan fingerprint density at radius 2 is 1.74 bits per heavy atom. The lowest BCUT2D eigenvalue weighted by Crippen LogP contribution is -2.50. The number of nitrogens with one attached hydrogen (secondary N) is 1. The summed E-state index contributed by atoms with van der Waals surface area (Å²) in [6.07, 6.45) is 0. The Morgan fingerprint density at radius 1 is 1.06 bits per heavy atom. The van der Waals surface area contributed by atoms with E-state index in [1.54, 1.807) is 19.1 Å². The summed E-state index contributed by atoms with van der Waals surface area (Å²) in [5.41, 5.74) is 1.75. The van der Waals surface area contributed by atoms with Crippen molar-refractivity contribution < 1.29 is 14.3 Å². The largest absolute Gasteiger partial charge is 0.483 e. The van der Waals surface area contributed by atoms with E-state index in [1.165, 1.54) is 4.90 Å². The maximum absolute atomic E-state index is 13.2. The first-order chi connectivity index (χ1) is 14.5. The molecule has 168 valence electrons. The van der Waals surface area contributed by atoms with Gasteiger partial charge >= 0.3 is 0 Å². The molecule has 2 aromatic carbocycles. The van der Waals surface area contributed by atoms with E-state index < -0.39 is 6.04 Å². The number of rotatable bonds is 8. The molecule has 2 aromatic rings. The van der Waals surface area contributed by atoms with E-state index in [1.807, 2.05) is 50.2 Å². The fourth-order valence-corrected chi connectivity index (χ4v) is 3.47. The van der Waals surface area contributed by atoms with Gasteiger partial charge in [-0.05, 0) is 55.5 Å². The maximum Gasteiger partial charge on any atom is 0.261 e. The number of hydrogen-bond donors (Lipinski definition) is 1. The molecule has 0 fully saturated rings. The molecule has 5 nitrogen and oxygen atoms in total. The lowest BCUT2D eigenvalue weighted by Gasteiger charge is -2.30. The van der Waals surface area contributed by atoms with Gasteiger partial charge in [-0.1, -0.05) is 62.7 Å². The Hall–Kier alpha value is -2.53. The molecule has 0 radical (unpaired) electrons. The number of carbonyl (C=O) groups is 2. The van der Waals surface area contributed by atoms with Crippen LogP contribution in [0.3, 0.4) is 0 Å². The summed E-state index contributed by atoms with van der Waals surface area (Å²) in [6.45, 7) is 11.9. The van der Waals surface area contributed by atoms with Crippen LogP contribution in [0.25, 0.3) is 0 Å². The molecule has 0 unspecified atom stereocenters. The highest BCUT2D eigenvalue weighted by Crippen LogP contribution is 2.31. The predicted octanol–water partition coefficient (Wildman–Crippen LogP) is 4.96. The van der Waals surface area contributed by atoms with Crippen LogP contribution in [0.2, 0.25) is 5.02 Å². The van der Waals surface area contributed by atoms with Crippen LogP contribution in [0.5, 0.6) is 5.75 Å². The molecular formula is C25H33ClN2O3. The number of amides is 2. The quantitative estimate of drug-likeness (QED) is 0.626. The van der Waals surface area contributed by atoms with E-state index in [4.69, 9.17) is 16.3 Å². The van der Waals surface area contributed by atoms with Crippen LogP contribution in [0.1, 0.15) is 52.7 Å². The molecule has 0 aromatic heterocycles. The monoisotopic (exact) mass is 444 g/mol. The van der Waals surface area contributed by atoms with Gasteiger partial charge in [0.05, 0.1) is 0 Å². The Morgan fingerprint density at radius 3 is 2.35 bits per heavy atom. The second-order valence-corrected chi connectivity index (χ2v) is 9.46. The number of para-hydroxylation sites is 1. The third-order valence-corrected chi connectivity index (χ3v) is 5.12. The number of carbonyl (C=O) groups excluding carboxylic acids is 2. The highest BCUT2D eigenvalue weighted by Gasteiger charge is 2.27. The zero-order valence-electron chi connectivity index (χ0n) is 19.2. The molecule has 0 bridgehead atoms. The average Bonchev–Trinajstić information content (AvgIpc) is 2.68. The van der Waals surface area contributed by atoms with Crippen LogP contribution < -0.4 is 10.1 Å². The van der Waals surface area contributed by atoms with Crippen LogP contribution in [0.4, 0.5) is 0 Å². The lowest BCUT2D eigenvalue weighted by molar-refractivity contribution is -0.142. The molecule has 0 heterocycles. The third kappa shape index (κ3) is 7.28. The van der Waals surface area contributed by atoms with Crippen molar-refractivity contribution in [1.82, 2.24) is 10.2 Å². The molecule has 0 aliphatic rings. The Labute approximate surface area is 190 Å². The fraction of sp³-hybridized carbons (Fsp3) is 0.440. The first kappa shape index (κ1) is 24.7. The van der Waals surface area contributed by atoms with Crippen molar-refractivity contribution in [3.63, 3.8) is 0 Å². The molecule has 0 aliphatic carbocycles. The fourth-order valence-electron chi connectivity index (χ4n) is 3.25. The van der Waals surface area contributed by atoms with E-state index in [0.717, 1.165) is 11.1 Å². The molecule has 2 amide bonds. The van der Waals surface area contributed by atoms with Crippen molar-refractivity contribution in [3.8, 4) is 5.75 Å². The molecular weight excluding hydrogens is 412 g/mol. The van der Waals surface area contributed by atoms with Gasteiger partial charge in [-0.2, -0.15) is 0 Å².